The Kier molecular flexibility index (Phi) is 9.68. The molecule has 3 N–H and O–H groups in total. The molecule has 8 heteroatoms. The highest BCUT2D eigenvalue weighted by atomic mass is 35.5. The van der Waals surface area contributed by atoms with Gasteiger partial charge in [-0.05, 0) is 19.3 Å². The standard InChI is InChI=1S/C11H20F2N2O2S.ClH/c12-11(13,7-14)8-15-10(16)6-18-5-9-3-1-2-4-17-9;/h9H,1-8,14H2,(H,15,16);1H. The average Bonchev–Trinajstić information content (AvgIpc) is 2.38. The summed E-state index contributed by atoms with van der Waals surface area (Å²) in [4.78, 5) is 11.3. The van der Waals surface area contributed by atoms with Crippen LogP contribution in [0.1, 0.15) is 19.3 Å². The van der Waals surface area contributed by atoms with Crippen LogP contribution in [0.2, 0.25) is 0 Å². The average molecular weight is 319 g/mol. The second-order valence-corrected chi connectivity index (χ2v) is 5.37. The molecule has 1 aliphatic heterocycles. The van der Waals surface area contributed by atoms with Crippen LogP contribution in [-0.2, 0) is 9.53 Å². The third kappa shape index (κ3) is 8.62. The highest BCUT2D eigenvalue weighted by Gasteiger charge is 2.27. The van der Waals surface area contributed by atoms with E-state index in [0.29, 0.717) is 0 Å². The number of rotatable bonds is 7. The van der Waals surface area contributed by atoms with Crippen molar-refractivity contribution < 1.29 is 18.3 Å². The van der Waals surface area contributed by atoms with E-state index in [0.717, 1.165) is 31.6 Å². The molecule has 0 bridgehead atoms. The van der Waals surface area contributed by atoms with Crippen LogP contribution in [0.25, 0.3) is 0 Å². The molecule has 0 saturated carbocycles. The van der Waals surface area contributed by atoms with Crippen molar-refractivity contribution in [3.8, 4) is 0 Å². The third-order valence-electron chi connectivity index (χ3n) is 2.65. The smallest absolute Gasteiger partial charge is 0.277 e. The number of ether oxygens (including phenoxy) is 1. The van der Waals surface area contributed by atoms with Crippen LogP contribution >= 0.6 is 24.2 Å². The SMILES string of the molecule is Cl.NCC(F)(F)CNC(=O)CSCC1CCCCO1. The van der Waals surface area contributed by atoms with Crippen molar-refractivity contribution in [1.29, 1.82) is 0 Å². The van der Waals surface area contributed by atoms with Gasteiger partial charge in [-0.1, -0.05) is 0 Å². The van der Waals surface area contributed by atoms with E-state index in [9.17, 15) is 13.6 Å². The molecule has 1 heterocycles. The Hall–Kier alpha value is -0.110. The van der Waals surface area contributed by atoms with Crippen molar-refractivity contribution in [2.24, 2.45) is 5.73 Å². The Morgan fingerprint density at radius 1 is 1.47 bits per heavy atom. The van der Waals surface area contributed by atoms with Crippen molar-refractivity contribution in [3.05, 3.63) is 0 Å². The highest BCUT2D eigenvalue weighted by molar-refractivity contribution is 7.99. The van der Waals surface area contributed by atoms with E-state index >= 15 is 0 Å². The van der Waals surface area contributed by atoms with E-state index in [1.54, 1.807) is 0 Å². The molecule has 1 saturated heterocycles. The number of amides is 1. The van der Waals surface area contributed by atoms with Gasteiger partial charge >= 0.3 is 0 Å². The summed E-state index contributed by atoms with van der Waals surface area (Å²) < 4.78 is 31.0. The van der Waals surface area contributed by atoms with Crippen LogP contribution in [0.5, 0.6) is 0 Å². The molecule has 4 nitrogen and oxygen atoms in total. The number of thioether (sulfide) groups is 1. The summed E-state index contributed by atoms with van der Waals surface area (Å²) in [5, 5.41) is 2.18. The van der Waals surface area contributed by atoms with Crippen LogP contribution in [0.3, 0.4) is 0 Å². The van der Waals surface area contributed by atoms with Crippen LogP contribution in [0.4, 0.5) is 8.78 Å². The molecule has 19 heavy (non-hydrogen) atoms. The number of hydrogen-bond acceptors (Lipinski definition) is 4. The number of carbonyl (C=O) groups excluding carboxylic acids is 1. The maximum atomic E-state index is 12.8. The van der Waals surface area contributed by atoms with Gasteiger partial charge in [-0.3, -0.25) is 4.79 Å². The van der Waals surface area contributed by atoms with Gasteiger partial charge in [0.15, 0.2) is 0 Å². The minimum atomic E-state index is -3.02. The Morgan fingerprint density at radius 2 is 2.21 bits per heavy atom. The van der Waals surface area contributed by atoms with E-state index in [-0.39, 0.29) is 30.2 Å². The molecule has 1 amide bonds. The second-order valence-electron chi connectivity index (χ2n) is 4.34. The lowest BCUT2D eigenvalue weighted by molar-refractivity contribution is -0.120. The molecule has 0 aromatic carbocycles. The lowest BCUT2D eigenvalue weighted by Gasteiger charge is -2.22. The maximum absolute atomic E-state index is 12.8. The molecule has 0 radical (unpaired) electrons. The number of hydrogen-bond donors (Lipinski definition) is 2. The second kappa shape index (κ2) is 9.74. The van der Waals surface area contributed by atoms with Gasteiger partial charge in [0.1, 0.15) is 0 Å². The first-order chi connectivity index (χ1) is 8.53. The van der Waals surface area contributed by atoms with Gasteiger partial charge in [-0.15, -0.1) is 24.2 Å². The lowest BCUT2D eigenvalue weighted by atomic mass is 10.1. The predicted molar refractivity (Wildman–Crippen MR) is 75.2 cm³/mol. The van der Waals surface area contributed by atoms with E-state index in [1.165, 1.54) is 11.8 Å². The van der Waals surface area contributed by atoms with Crippen LogP contribution < -0.4 is 11.1 Å². The van der Waals surface area contributed by atoms with Gasteiger partial charge in [0, 0.05) is 12.4 Å². The van der Waals surface area contributed by atoms with Crippen LogP contribution in [-0.4, -0.2) is 49.1 Å². The molecular weight excluding hydrogens is 298 g/mol. The molecule has 1 atom stereocenters. The fraction of sp³-hybridized carbons (Fsp3) is 0.909. The number of alkyl halides is 2. The predicted octanol–water partition coefficient (Wildman–Crippen LogP) is 1.42. The summed E-state index contributed by atoms with van der Waals surface area (Å²) in [7, 11) is 0. The number of carbonyl (C=O) groups is 1. The Labute approximate surface area is 122 Å². The Balaban J connectivity index is 0.00000324. The largest absolute Gasteiger partial charge is 0.377 e. The van der Waals surface area contributed by atoms with Crippen molar-refractivity contribution >= 4 is 30.1 Å². The quantitative estimate of drug-likeness (QED) is 0.745. The number of nitrogens with one attached hydrogen (secondary N) is 1. The molecule has 0 aromatic rings. The fourth-order valence-electron chi connectivity index (χ4n) is 1.57. The lowest BCUT2D eigenvalue weighted by Crippen LogP contribution is -2.42. The molecule has 0 spiro atoms. The highest BCUT2D eigenvalue weighted by Crippen LogP contribution is 2.17. The van der Waals surface area contributed by atoms with Crippen molar-refractivity contribution in [2.45, 2.75) is 31.3 Å². The molecular formula is C11H21ClF2N2O2S. The van der Waals surface area contributed by atoms with Crippen LogP contribution in [0.15, 0.2) is 0 Å². The van der Waals surface area contributed by atoms with E-state index in [4.69, 9.17) is 10.5 Å². The fourth-order valence-corrected chi connectivity index (χ4v) is 2.50. The summed E-state index contributed by atoms with van der Waals surface area (Å²) in [6, 6.07) is 0. The minimum Gasteiger partial charge on any atom is -0.377 e. The Bertz CT molecular complexity index is 267. The van der Waals surface area contributed by atoms with Crippen molar-refractivity contribution in [2.75, 3.05) is 31.2 Å². The summed E-state index contributed by atoms with van der Waals surface area (Å²) in [5.41, 5.74) is 4.87. The molecule has 1 aliphatic rings. The van der Waals surface area contributed by atoms with Crippen molar-refractivity contribution in [1.82, 2.24) is 5.32 Å². The van der Waals surface area contributed by atoms with Crippen molar-refractivity contribution in [3.63, 3.8) is 0 Å². The molecule has 1 rings (SSSR count). The zero-order chi connectivity index (χ0) is 13.4. The van der Waals surface area contributed by atoms with E-state index < -0.39 is 19.0 Å². The first-order valence-corrected chi connectivity index (χ1v) is 7.23. The van der Waals surface area contributed by atoms with Gasteiger partial charge in [0.05, 0.1) is 24.9 Å². The van der Waals surface area contributed by atoms with Gasteiger partial charge in [-0.25, -0.2) is 8.78 Å². The minimum absolute atomic E-state index is 0. The third-order valence-corrected chi connectivity index (χ3v) is 3.73. The van der Waals surface area contributed by atoms with Crippen LogP contribution in [0, 0.1) is 0 Å². The molecule has 0 aliphatic carbocycles. The van der Waals surface area contributed by atoms with Gasteiger partial charge in [-0.2, -0.15) is 0 Å². The Morgan fingerprint density at radius 3 is 2.79 bits per heavy atom. The first-order valence-electron chi connectivity index (χ1n) is 6.07. The normalized spacial score (nSPS) is 19.6. The molecule has 114 valence electrons. The monoisotopic (exact) mass is 318 g/mol. The first kappa shape index (κ1) is 18.9. The van der Waals surface area contributed by atoms with E-state index in [2.05, 4.69) is 5.32 Å². The van der Waals surface area contributed by atoms with Gasteiger partial charge in [0.2, 0.25) is 5.91 Å². The zero-order valence-corrected chi connectivity index (χ0v) is 12.3. The molecule has 0 aromatic heterocycles. The molecule has 1 unspecified atom stereocenters. The molecule has 1 fully saturated rings. The van der Waals surface area contributed by atoms with Gasteiger partial charge in [0.25, 0.3) is 5.92 Å². The summed E-state index contributed by atoms with van der Waals surface area (Å²) in [5.74, 6) is -2.49. The maximum Gasteiger partial charge on any atom is 0.277 e. The zero-order valence-electron chi connectivity index (χ0n) is 10.7. The van der Waals surface area contributed by atoms with Gasteiger partial charge < -0.3 is 15.8 Å². The number of nitrogens with two attached hydrogens (primary N) is 1. The topological polar surface area (TPSA) is 64.3 Å². The number of halogens is 3. The summed E-state index contributed by atoms with van der Waals surface area (Å²) in [6.45, 7) is -0.667. The summed E-state index contributed by atoms with van der Waals surface area (Å²) >= 11 is 1.41. The summed E-state index contributed by atoms with van der Waals surface area (Å²) in [6.07, 6.45) is 3.46. The van der Waals surface area contributed by atoms with E-state index in [1.807, 2.05) is 0 Å².